The van der Waals surface area contributed by atoms with Gasteiger partial charge < -0.3 is 19.1 Å². The highest BCUT2D eigenvalue weighted by molar-refractivity contribution is 5.89. The molecule has 1 aromatic carbocycles. The van der Waals surface area contributed by atoms with Crippen molar-refractivity contribution in [3.8, 4) is 11.5 Å². The number of hydrogen-bond donors (Lipinski definition) is 0. The molecule has 1 amide bonds. The normalized spacial score (nSPS) is 16.0. The van der Waals surface area contributed by atoms with Crippen LogP contribution in [0.4, 0.5) is 0 Å². The minimum Gasteiger partial charge on any atom is -0.497 e. The lowest BCUT2D eigenvalue weighted by molar-refractivity contribution is -0.135. The van der Waals surface area contributed by atoms with E-state index < -0.39 is 5.97 Å². The van der Waals surface area contributed by atoms with Crippen LogP contribution < -0.4 is 9.47 Å². The molecule has 1 aromatic heterocycles. The number of amides is 1. The van der Waals surface area contributed by atoms with Crippen molar-refractivity contribution < 1.29 is 23.8 Å². The van der Waals surface area contributed by atoms with Crippen molar-refractivity contribution in [1.82, 2.24) is 14.9 Å². The summed E-state index contributed by atoms with van der Waals surface area (Å²) in [6.45, 7) is 2.01. The number of carbonyl (C=O) groups is 2. The summed E-state index contributed by atoms with van der Waals surface area (Å²) >= 11 is 0. The van der Waals surface area contributed by atoms with Crippen LogP contribution in [0.2, 0.25) is 0 Å². The highest BCUT2D eigenvalue weighted by Gasteiger charge is 2.32. The molecule has 1 fully saturated rings. The Bertz CT molecular complexity index is 853. The van der Waals surface area contributed by atoms with Gasteiger partial charge in [-0.2, -0.15) is 0 Å². The lowest BCUT2D eigenvalue weighted by Gasteiger charge is -2.26. The van der Waals surface area contributed by atoms with E-state index in [1.54, 1.807) is 26.0 Å². The van der Waals surface area contributed by atoms with Crippen molar-refractivity contribution in [1.29, 1.82) is 0 Å². The number of aryl methyl sites for hydroxylation is 1. The first-order valence-electron chi connectivity index (χ1n) is 9.00. The van der Waals surface area contributed by atoms with E-state index in [9.17, 15) is 9.59 Å². The van der Waals surface area contributed by atoms with Crippen LogP contribution >= 0.6 is 0 Å². The van der Waals surface area contributed by atoms with E-state index in [1.165, 1.54) is 12.4 Å². The van der Waals surface area contributed by atoms with E-state index >= 15 is 0 Å². The molecular weight excluding hydrogens is 362 g/mol. The number of methoxy groups -OCH3 is 2. The Hall–Kier alpha value is -3.16. The molecule has 2 aromatic rings. The Morgan fingerprint density at radius 3 is 2.68 bits per heavy atom. The molecule has 1 aliphatic rings. The predicted molar refractivity (Wildman–Crippen MR) is 100 cm³/mol. The Morgan fingerprint density at radius 1 is 1.18 bits per heavy atom. The summed E-state index contributed by atoms with van der Waals surface area (Å²) < 4.78 is 15.9. The summed E-state index contributed by atoms with van der Waals surface area (Å²) in [6.07, 6.45) is 4.46. The van der Waals surface area contributed by atoms with Crippen LogP contribution in [0.3, 0.4) is 0 Å². The molecule has 0 spiro atoms. The molecule has 0 N–H and O–H groups in total. The van der Waals surface area contributed by atoms with Gasteiger partial charge in [0.05, 0.1) is 32.2 Å². The van der Waals surface area contributed by atoms with Crippen molar-refractivity contribution in [2.24, 2.45) is 0 Å². The van der Waals surface area contributed by atoms with Gasteiger partial charge in [0.25, 0.3) is 5.91 Å². The maximum atomic E-state index is 12.7. The third kappa shape index (κ3) is 4.21. The van der Waals surface area contributed by atoms with E-state index in [1.807, 2.05) is 18.2 Å². The minimum absolute atomic E-state index is 0.0748. The summed E-state index contributed by atoms with van der Waals surface area (Å²) in [4.78, 5) is 34.5. The fraction of sp³-hybridized carbons (Fsp3) is 0.400. The number of carbonyl (C=O) groups excluding carboxylic acids is 2. The highest BCUT2D eigenvalue weighted by atomic mass is 16.5. The monoisotopic (exact) mass is 385 g/mol. The molecule has 148 valence electrons. The average molecular weight is 385 g/mol. The Balaban J connectivity index is 1.69. The lowest BCUT2D eigenvalue weighted by Crippen LogP contribution is -2.34. The van der Waals surface area contributed by atoms with E-state index in [-0.39, 0.29) is 24.2 Å². The quantitative estimate of drug-likeness (QED) is 0.705. The maximum Gasteiger partial charge on any atom is 0.359 e. The minimum atomic E-state index is -0.671. The van der Waals surface area contributed by atoms with Gasteiger partial charge in [0.15, 0.2) is 12.3 Å². The fourth-order valence-corrected chi connectivity index (χ4v) is 3.27. The number of hydrogen-bond acceptors (Lipinski definition) is 7. The Morgan fingerprint density at radius 2 is 2.00 bits per heavy atom. The summed E-state index contributed by atoms with van der Waals surface area (Å²) in [5.74, 6) is 0.452. The molecule has 3 rings (SSSR count). The highest BCUT2D eigenvalue weighted by Crippen LogP contribution is 2.38. The van der Waals surface area contributed by atoms with Crippen LogP contribution in [0.15, 0.2) is 30.6 Å². The van der Waals surface area contributed by atoms with Gasteiger partial charge in [-0.05, 0) is 38.0 Å². The van der Waals surface area contributed by atoms with Gasteiger partial charge in [-0.1, -0.05) is 0 Å². The number of ether oxygens (including phenoxy) is 3. The molecular formula is C20H23N3O5. The molecule has 0 radical (unpaired) electrons. The zero-order valence-corrected chi connectivity index (χ0v) is 16.2. The predicted octanol–water partition coefficient (Wildman–Crippen LogP) is 2.32. The number of likely N-dealkylation sites (tertiary alicyclic amines) is 1. The SMILES string of the molecule is COc1ccc(OC)c([C@H]2CCCN2C(=O)COC(=O)c2cnc(C)cn2)c1. The molecule has 8 heteroatoms. The average Bonchev–Trinajstić information content (AvgIpc) is 3.21. The zero-order valence-electron chi connectivity index (χ0n) is 16.2. The second-order valence-corrected chi connectivity index (χ2v) is 6.47. The van der Waals surface area contributed by atoms with Crippen molar-refractivity contribution in [3.63, 3.8) is 0 Å². The van der Waals surface area contributed by atoms with Crippen molar-refractivity contribution in [2.45, 2.75) is 25.8 Å². The van der Waals surface area contributed by atoms with Crippen LogP contribution in [0.25, 0.3) is 0 Å². The van der Waals surface area contributed by atoms with Gasteiger partial charge in [-0.3, -0.25) is 9.78 Å². The van der Waals surface area contributed by atoms with E-state index in [0.29, 0.717) is 23.7 Å². The zero-order chi connectivity index (χ0) is 20.1. The van der Waals surface area contributed by atoms with Gasteiger partial charge in [0, 0.05) is 18.3 Å². The summed E-state index contributed by atoms with van der Waals surface area (Å²) in [5, 5.41) is 0. The number of esters is 1. The van der Waals surface area contributed by atoms with Gasteiger partial charge in [-0.15, -0.1) is 0 Å². The molecule has 8 nitrogen and oxygen atoms in total. The number of rotatable bonds is 6. The topological polar surface area (TPSA) is 90.8 Å². The number of nitrogens with zero attached hydrogens (tertiary/aromatic N) is 3. The van der Waals surface area contributed by atoms with Crippen LogP contribution in [0, 0.1) is 6.92 Å². The van der Waals surface area contributed by atoms with Crippen molar-refractivity contribution in [3.05, 3.63) is 47.5 Å². The standard InChI is InChI=1S/C20H23N3O5/c1-13-10-22-16(11-21-13)20(25)28-12-19(24)23-8-4-5-17(23)15-9-14(26-2)6-7-18(15)27-3/h6-7,9-11,17H,4-5,8,12H2,1-3H3/t17-/m1/s1. The summed E-state index contributed by atoms with van der Waals surface area (Å²) in [7, 11) is 3.19. The third-order valence-electron chi connectivity index (χ3n) is 4.69. The Kier molecular flexibility index (Phi) is 6.08. The first-order valence-corrected chi connectivity index (χ1v) is 9.00. The molecule has 2 heterocycles. The first-order chi connectivity index (χ1) is 13.5. The first kappa shape index (κ1) is 19.6. The maximum absolute atomic E-state index is 12.7. The van der Waals surface area contributed by atoms with Gasteiger partial charge >= 0.3 is 5.97 Å². The van der Waals surface area contributed by atoms with Crippen LogP contribution in [-0.4, -0.2) is 54.1 Å². The van der Waals surface area contributed by atoms with E-state index in [0.717, 1.165) is 18.4 Å². The molecule has 0 unspecified atom stereocenters. The largest absolute Gasteiger partial charge is 0.497 e. The molecule has 0 aliphatic carbocycles. The van der Waals surface area contributed by atoms with Crippen LogP contribution in [-0.2, 0) is 9.53 Å². The molecule has 28 heavy (non-hydrogen) atoms. The van der Waals surface area contributed by atoms with Gasteiger partial charge in [0.1, 0.15) is 11.5 Å². The van der Waals surface area contributed by atoms with Crippen LogP contribution in [0.1, 0.15) is 40.6 Å². The molecule has 0 saturated carbocycles. The van der Waals surface area contributed by atoms with Crippen LogP contribution in [0.5, 0.6) is 11.5 Å². The fourth-order valence-electron chi connectivity index (χ4n) is 3.27. The van der Waals surface area contributed by atoms with Crippen molar-refractivity contribution >= 4 is 11.9 Å². The van der Waals surface area contributed by atoms with Crippen molar-refractivity contribution in [2.75, 3.05) is 27.4 Å². The van der Waals surface area contributed by atoms with E-state index in [4.69, 9.17) is 14.2 Å². The molecule has 1 atom stereocenters. The van der Waals surface area contributed by atoms with Gasteiger partial charge in [-0.25, -0.2) is 9.78 Å². The summed E-state index contributed by atoms with van der Waals surface area (Å²) in [6, 6.07) is 5.36. The second-order valence-electron chi connectivity index (χ2n) is 6.47. The molecule has 1 aliphatic heterocycles. The number of aromatic nitrogens is 2. The summed E-state index contributed by atoms with van der Waals surface area (Å²) in [5.41, 5.74) is 1.65. The number of benzene rings is 1. The van der Waals surface area contributed by atoms with Gasteiger partial charge in [0.2, 0.25) is 0 Å². The second kappa shape index (κ2) is 8.69. The lowest BCUT2D eigenvalue weighted by atomic mass is 10.0. The third-order valence-corrected chi connectivity index (χ3v) is 4.69. The molecule has 0 bridgehead atoms. The smallest absolute Gasteiger partial charge is 0.359 e. The van der Waals surface area contributed by atoms with E-state index in [2.05, 4.69) is 9.97 Å². The molecule has 1 saturated heterocycles. The Labute approximate surface area is 163 Å².